The minimum Gasteiger partial charge on any atom is -0.332 e. The van der Waals surface area contributed by atoms with Crippen molar-refractivity contribution < 1.29 is 14.4 Å². The van der Waals surface area contributed by atoms with Crippen LogP contribution in [0.3, 0.4) is 0 Å². The zero-order valence-corrected chi connectivity index (χ0v) is 18.2. The van der Waals surface area contributed by atoms with Gasteiger partial charge in [0.05, 0.1) is 17.3 Å². The number of aromatic nitrogens is 1. The largest absolute Gasteiger partial charge is 0.332 e. The van der Waals surface area contributed by atoms with Crippen LogP contribution in [-0.4, -0.2) is 58.2 Å². The molecule has 0 aliphatic carbocycles. The molecule has 162 valence electrons. The van der Waals surface area contributed by atoms with E-state index in [9.17, 15) is 14.4 Å². The summed E-state index contributed by atoms with van der Waals surface area (Å²) in [5.41, 5.74) is 1.05. The van der Waals surface area contributed by atoms with Gasteiger partial charge in [0.25, 0.3) is 5.91 Å². The van der Waals surface area contributed by atoms with Crippen molar-refractivity contribution in [2.45, 2.75) is 50.6 Å². The van der Waals surface area contributed by atoms with Crippen molar-refractivity contribution >= 4 is 34.7 Å². The van der Waals surface area contributed by atoms with Crippen LogP contribution in [0.25, 0.3) is 0 Å². The Morgan fingerprint density at radius 1 is 1.03 bits per heavy atom. The normalized spacial score (nSPS) is 23.9. The average Bonchev–Trinajstić information content (AvgIpc) is 3.34. The SMILES string of the molecule is O=C1C2CCCCN2C(=O)c2ccccc2N1CC(=O)N1CCCCC1c1nccs1. The van der Waals surface area contributed by atoms with Gasteiger partial charge in [0.2, 0.25) is 11.8 Å². The maximum atomic E-state index is 13.6. The van der Waals surface area contributed by atoms with Crippen LogP contribution in [0.5, 0.6) is 0 Å². The van der Waals surface area contributed by atoms with Crippen LogP contribution in [0.2, 0.25) is 0 Å². The number of carbonyl (C=O) groups is 3. The van der Waals surface area contributed by atoms with E-state index >= 15 is 0 Å². The Hall–Kier alpha value is -2.74. The smallest absolute Gasteiger partial charge is 0.256 e. The van der Waals surface area contributed by atoms with E-state index in [0.717, 1.165) is 37.1 Å². The van der Waals surface area contributed by atoms with E-state index in [0.29, 0.717) is 30.8 Å². The van der Waals surface area contributed by atoms with Crippen molar-refractivity contribution in [2.24, 2.45) is 0 Å². The summed E-state index contributed by atoms with van der Waals surface area (Å²) in [6.45, 7) is 1.21. The number of para-hydroxylation sites is 1. The number of hydrogen-bond donors (Lipinski definition) is 0. The maximum absolute atomic E-state index is 13.6. The van der Waals surface area contributed by atoms with Gasteiger partial charge < -0.3 is 14.7 Å². The van der Waals surface area contributed by atoms with E-state index in [-0.39, 0.29) is 30.3 Å². The van der Waals surface area contributed by atoms with Gasteiger partial charge in [-0.3, -0.25) is 14.4 Å². The molecule has 2 aromatic rings. The summed E-state index contributed by atoms with van der Waals surface area (Å²) in [6.07, 6.45) is 7.14. The molecule has 0 N–H and O–H groups in total. The first-order chi connectivity index (χ1) is 15.1. The van der Waals surface area contributed by atoms with E-state index < -0.39 is 6.04 Å². The fraction of sp³-hybridized carbons (Fsp3) is 0.478. The average molecular weight is 439 g/mol. The molecule has 2 fully saturated rings. The summed E-state index contributed by atoms with van der Waals surface area (Å²) in [5, 5.41) is 2.88. The third-order valence-electron chi connectivity index (χ3n) is 6.59. The van der Waals surface area contributed by atoms with Crippen molar-refractivity contribution in [3.63, 3.8) is 0 Å². The fourth-order valence-electron chi connectivity index (χ4n) is 5.05. The van der Waals surface area contributed by atoms with Crippen LogP contribution in [0, 0.1) is 0 Å². The van der Waals surface area contributed by atoms with Gasteiger partial charge in [-0.1, -0.05) is 12.1 Å². The molecule has 0 saturated carbocycles. The van der Waals surface area contributed by atoms with Crippen LogP contribution in [0.15, 0.2) is 35.8 Å². The lowest BCUT2D eigenvalue weighted by Crippen LogP contribution is -2.53. The first kappa shape index (κ1) is 20.2. The van der Waals surface area contributed by atoms with Gasteiger partial charge in [-0.05, 0) is 50.7 Å². The van der Waals surface area contributed by atoms with Crippen LogP contribution in [-0.2, 0) is 9.59 Å². The Bertz CT molecular complexity index is 992. The van der Waals surface area contributed by atoms with Gasteiger partial charge in [-0.15, -0.1) is 11.3 Å². The summed E-state index contributed by atoms with van der Waals surface area (Å²) in [7, 11) is 0. The molecule has 3 aliphatic rings. The highest BCUT2D eigenvalue weighted by Crippen LogP contribution is 2.34. The van der Waals surface area contributed by atoms with E-state index in [1.807, 2.05) is 22.4 Å². The molecule has 5 rings (SSSR count). The van der Waals surface area contributed by atoms with Crippen molar-refractivity contribution in [1.29, 1.82) is 0 Å². The highest BCUT2D eigenvalue weighted by atomic mass is 32.1. The summed E-state index contributed by atoms with van der Waals surface area (Å²) in [6, 6.07) is 6.66. The lowest BCUT2D eigenvalue weighted by Gasteiger charge is -2.37. The molecule has 4 heterocycles. The molecular formula is C23H26N4O3S. The maximum Gasteiger partial charge on any atom is 0.256 e. The monoisotopic (exact) mass is 438 g/mol. The highest BCUT2D eigenvalue weighted by molar-refractivity contribution is 7.09. The molecule has 2 unspecified atom stereocenters. The third kappa shape index (κ3) is 3.63. The lowest BCUT2D eigenvalue weighted by atomic mass is 10.0. The molecule has 0 bridgehead atoms. The van der Waals surface area contributed by atoms with E-state index in [4.69, 9.17) is 0 Å². The number of piperidine rings is 2. The zero-order valence-electron chi connectivity index (χ0n) is 17.4. The van der Waals surface area contributed by atoms with Crippen LogP contribution in [0.1, 0.15) is 59.9 Å². The molecule has 2 atom stereocenters. The van der Waals surface area contributed by atoms with E-state index in [2.05, 4.69) is 4.98 Å². The van der Waals surface area contributed by atoms with Crippen molar-refractivity contribution in [1.82, 2.24) is 14.8 Å². The topological polar surface area (TPSA) is 73.8 Å². The number of fused-ring (bicyclic) bond motifs is 2. The second-order valence-electron chi connectivity index (χ2n) is 8.42. The van der Waals surface area contributed by atoms with Crippen LogP contribution in [0.4, 0.5) is 5.69 Å². The zero-order chi connectivity index (χ0) is 21.4. The van der Waals surface area contributed by atoms with E-state index in [1.54, 1.807) is 39.5 Å². The standard InChI is InChI=1S/C23H26N4O3S/c28-20(25-12-5-3-9-18(25)21-24-11-14-31-21)15-27-17-8-2-1-7-16(17)22(29)26-13-6-4-10-19(26)23(27)30/h1-2,7-8,11,14,18-19H,3-6,9-10,12-13,15H2. The third-order valence-corrected chi connectivity index (χ3v) is 7.47. The van der Waals surface area contributed by atoms with Crippen molar-refractivity contribution in [3.8, 4) is 0 Å². The van der Waals surface area contributed by atoms with Gasteiger partial charge in [-0.2, -0.15) is 0 Å². The molecule has 31 heavy (non-hydrogen) atoms. The summed E-state index contributed by atoms with van der Waals surface area (Å²) in [5.74, 6) is -0.337. The van der Waals surface area contributed by atoms with Crippen LogP contribution < -0.4 is 4.90 Å². The summed E-state index contributed by atoms with van der Waals surface area (Å²) in [4.78, 5) is 49.8. The number of carbonyl (C=O) groups excluding carboxylic acids is 3. The molecule has 1 aromatic carbocycles. The lowest BCUT2D eigenvalue weighted by molar-refractivity contribution is -0.135. The number of nitrogens with zero attached hydrogens (tertiary/aromatic N) is 4. The van der Waals surface area contributed by atoms with Crippen molar-refractivity contribution in [2.75, 3.05) is 24.5 Å². The minimum absolute atomic E-state index is 0.0358. The van der Waals surface area contributed by atoms with Gasteiger partial charge in [0, 0.05) is 24.7 Å². The first-order valence-corrected chi connectivity index (χ1v) is 11.9. The molecule has 2 saturated heterocycles. The minimum atomic E-state index is -0.488. The number of thiazole rings is 1. The predicted molar refractivity (Wildman–Crippen MR) is 118 cm³/mol. The molecule has 0 radical (unpaired) electrons. The van der Waals surface area contributed by atoms with Crippen LogP contribution >= 0.6 is 11.3 Å². The Labute approximate surface area is 185 Å². The second kappa shape index (κ2) is 8.42. The van der Waals surface area contributed by atoms with Crippen molar-refractivity contribution in [3.05, 3.63) is 46.4 Å². The van der Waals surface area contributed by atoms with Gasteiger partial charge in [-0.25, -0.2) is 4.98 Å². The number of likely N-dealkylation sites (tertiary alicyclic amines) is 1. The Kier molecular flexibility index (Phi) is 5.48. The van der Waals surface area contributed by atoms with Gasteiger partial charge >= 0.3 is 0 Å². The highest BCUT2D eigenvalue weighted by Gasteiger charge is 2.42. The van der Waals surface area contributed by atoms with Gasteiger partial charge in [0.1, 0.15) is 17.6 Å². The second-order valence-corrected chi connectivity index (χ2v) is 9.35. The Balaban J connectivity index is 1.47. The molecular weight excluding hydrogens is 412 g/mol. The number of rotatable bonds is 3. The number of anilines is 1. The summed E-state index contributed by atoms with van der Waals surface area (Å²) < 4.78 is 0. The molecule has 1 aromatic heterocycles. The number of hydrogen-bond acceptors (Lipinski definition) is 5. The fourth-order valence-corrected chi connectivity index (χ4v) is 5.83. The number of amides is 3. The quantitative estimate of drug-likeness (QED) is 0.737. The molecule has 7 nitrogen and oxygen atoms in total. The first-order valence-electron chi connectivity index (χ1n) is 11.1. The molecule has 0 spiro atoms. The molecule has 3 aliphatic heterocycles. The van der Waals surface area contributed by atoms with Gasteiger partial charge in [0.15, 0.2) is 0 Å². The van der Waals surface area contributed by atoms with E-state index in [1.165, 1.54) is 0 Å². The number of benzene rings is 1. The predicted octanol–water partition coefficient (Wildman–Crippen LogP) is 3.24. The molecule has 3 amide bonds. The Morgan fingerprint density at radius 3 is 2.61 bits per heavy atom. The Morgan fingerprint density at radius 2 is 1.81 bits per heavy atom. The molecule has 8 heteroatoms. The summed E-state index contributed by atoms with van der Waals surface area (Å²) >= 11 is 1.57.